The predicted molar refractivity (Wildman–Crippen MR) is 65.6 cm³/mol. The Hall–Kier alpha value is -1.55. The molecule has 0 aromatic heterocycles. The topological polar surface area (TPSA) is 58.9 Å². The number of aryl methyl sites for hydroxylation is 1. The molecule has 0 aliphatic rings. The van der Waals surface area contributed by atoms with Crippen LogP contribution >= 0.6 is 11.6 Å². The Morgan fingerprint density at radius 2 is 2.06 bits per heavy atom. The van der Waals surface area contributed by atoms with Crippen molar-refractivity contribution in [3.8, 4) is 0 Å². The first kappa shape index (κ1) is 13.5. The molecule has 5 heteroatoms. The molecule has 0 heterocycles. The zero-order valence-electron chi connectivity index (χ0n) is 9.52. The van der Waals surface area contributed by atoms with Crippen LogP contribution in [0.1, 0.15) is 18.9 Å². The summed E-state index contributed by atoms with van der Waals surface area (Å²) in [6.45, 7) is 1.96. The van der Waals surface area contributed by atoms with E-state index in [9.17, 15) is 4.79 Å². The minimum atomic E-state index is -0.580. The first-order valence-corrected chi connectivity index (χ1v) is 5.67. The number of rotatable bonds is 5. The summed E-state index contributed by atoms with van der Waals surface area (Å²) in [5, 5.41) is 12.3. The van der Waals surface area contributed by atoms with Crippen LogP contribution in [-0.2, 0) is 16.0 Å². The maximum atomic E-state index is 11.3. The summed E-state index contributed by atoms with van der Waals surface area (Å²) in [5.74, 6) is -0.580. The van der Waals surface area contributed by atoms with E-state index >= 15 is 0 Å². The maximum absolute atomic E-state index is 11.3. The Morgan fingerprint density at radius 1 is 1.41 bits per heavy atom. The average Bonchev–Trinajstić information content (AvgIpc) is 2.32. The normalized spacial score (nSPS) is 11.3. The molecule has 0 bridgehead atoms. The molecule has 0 saturated heterocycles. The van der Waals surface area contributed by atoms with Gasteiger partial charge in [0.1, 0.15) is 0 Å². The molecule has 0 aliphatic carbocycles. The summed E-state index contributed by atoms with van der Waals surface area (Å²) in [4.78, 5) is 11.3. The van der Waals surface area contributed by atoms with Crippen molar-refractivity contribution in [3.05, 3.63) is 34.9 Å². The van der Waals surface area contributed by atoms with Crippen LogP contribution in [0.25, 0.3) is 0 Å². The van der Waals surface area contributed by atoms with Crippen molar-refractivity contribution >= 4 is 23.3 Å². The number of esters is 1. The number of ether oxygens (including phenoxy) is 1. The van der Waals surface area contributed by atoms with E-state index in [1.54, 1.807) is 19.1 Å². The van der Waals surface area contributed by atoms with Gasteiger partial charge in [0.05, 0.1) is 6.61 Å². The quantitative estimate of drug-likeness (QED) is 0.381. The van der Waals surface area contributed by atoms with E-state index in [4.69, 9.17) is 21.5 Å². The van der Waals surface area contributed by atoms with Gasteiger partial charge in [0.15, 0.2) is 5.71 Å². The highest BCUT2D eigenvalue weighted by Gasteiger charge is 2.13. The number of benzene rings is 1. The van der Waals surface area contributed by atoms with Crippen molar-refractivity contribution < 1.29 is 14.7 Å². The first-order chi connectivity index (χ1) is 8.17. The van der Waals surface area contributed by atoms with E-state index in [1.807, 2.05) is 12.1 Å². The van der Waals surface area contributed by atoms with Gasteiger partial charge in [0.2, 0.25) is 0 Å². The van der Waals surface area contributed by atoms with Crippen LogP contribution in [0.4, 0.5) is 0 Å². The zero-order valence-corrected chi connectivity index (χ0v) is 10.3. The molecular weight excluding hydrogens is 242 g/mol. The summed E-state index contributed by atoms with van der Waals surface area (Å²) < 4.78 is 4.75. The Balaban J connectivity index is 2.54. The number of carbonyl (C=O) groups excluding carboxylic acids is 1. The summed E-state index contributed by atoms with van der Waals surface area (Å²) in [7, 11) is 0. The zero-order chi connectivity index (χ0) is 12.7. The maximum Gasteiger partial charge on any atom is 0.356 e. The molecule has 1 aromatic carbocycles. The van der Waals surface area contributed by atoms with Crippen molar-refractivity contribution in [1.29, 1.82) is 0 Å². The van der Waals surface area contributed by atoms with Crippen molar-refractivity contribution in [2.75, 3.05) is 6.61 Å². The number of nitrogens with zero attached hydrogens (tertiary/aromatic N) is 1. The summed E-state index contributed by atoms with van der Waals surface area (Å²) in [6.07, 6.45) is 0.923. The third-order valence-corrected chi connectivity index (χ3v) is 2.45. The van der Waals surface area contributed by atoms with Gasteiger partial charge < -0.3 is 9.94 Å². The number of oxime groups is 1. The Bertz CT molecular complexity index is 401. The van der Waals surface area contributed by atoms with E-state index in [0.717, 1.165) is 5.56 Å². The minimum absolute atomic E-state index is 0.0294. The van der Waals surface area contributed by atoms with Gasteiger partial charge in [-0.25, -0.2) is 4.79 Å². The van der Waals surface area contributed by atoms with E-state index in [1.165, 1.54) is 0 Å². The predicted octanol–water partition coefficient (Wildman–Crippen LogP) is 2.67. The fourth-order valence-corrected chi connectivity index (χ4v) is 1.45. The fraction of sp³-hybridized carbons (Fsp3) is 0.333. The lowest BCUT2D eigenvalue weighted by Crippen LogP contribution is -2.18. The van der Waals surface area contributed by atoms with Crippen LogP contribution < -0.4 is 0 Å². The van der Waals surface area contributed by atoms with Crippen LogP contribution in [0.5, 0.6) is 0 Å². The van der Waals surface area contributed by atoms with Crippen LogP contribution in [0.3, 0.4) is 0 Å². The largest absolute Gasteiger partial charge is 0.461 e. The molecule has 0 spiro atoms. The lowest BCUT2D eigenvalue weighted by Gasteiger charge is -2.04. The van der Waals surface area contributed by atoms with E-state index in [0.29, 0.717) is 17.9 Å². The number of carbonyl (C=O) groups is 1. The number of halogens is 1. The van der Waals surface area contributed by atoms with Crippen molar-refractivity contribution in [2.24, 2.45) is 5.16 Å². The van der Waals surface area contributed by atoms with Gasteiger partial charge in [0.25, 0.3) is 0 Å². The second-order valence-electron chi connectivity index (χ2n) is 3.39. The summed E-state index contributed by atoms with van der Waals surface area (Å²) in [5.41, 5.74) is 1.04. The molecule has 1 rings (SSSR count). The highest BCUT2D eigenvalue weighted by molar-refractivity contribution is 6.36. The molecule has 0 atom stereocenters. The molecule has 0 radical (unpaired) electrons. The van der Waals surface area contributed by atoms with Crippen LogP contribution in [0.2, 0.25) is 5.02 Å². The third-order valence-electron chi connectivity index (χ3n) is 2.20. The molecule has 17 heavy (non-hydrogen) atoms. The SMILES string of the molecule is CCOC(=O)/C(CCc1ccc(Cl)cc1)=N/O. The minimum Gasteiger partial charge on any atom is -0.461 e. The molecule has 92 valence electrons. The van der Waals surface area contributed by atoms with Crippen molar-refractivity contribution in [3.63, 3.8) is 0 Å². The molecule has 0 fully saturated rings. The molecule has 0 aliphatic heterocycles. The highest BCUT2D eigenvalue weighted by atomic mass is 35.5. The molecule has 0 saturated carbocycles. The number of hydrogen-bond donors (Lipinski definition) is 1. The van der Waals surface area contributed by atoms with Gasteiger partial charge in [-0.1, -0.05) is 28.9 Å². The lowest BCUT2D eigenvalue weighted by molar-refractivity contribution is -0.135. The van der Waals surface area contributed by atoms with Gasteiger partial charge >= 0.3 is 5.97 Å². The first-order valence-electron chi connectivity index (χ1n) is 5.30. The molecule has 1 N–H and O–H groups in total. The number of hydrogen-bond acceptors (Lipinski definition) is 4. The van der Waals surface area contributed by atoms with Crippen LogP contribution in [0.15, 0.2) is 29.4 Å². The van der Waals surface area contributed by atoms with Crippen LogP contribution in [-0.4, -0.2) is 23.5 Å². The van der Waals surface area contributed by atoms with E-state index in [-0.39, 0.29) is 12.3 Å². The van der Waals surface area contributed by atoms with E-state index < -0.39 is 5.97 Å². The average molecular weight is 256 g/mol. The van der Waals surface area contributed by atoms with Gasteiger partial charge in [0, 0.05) is 11.4 Å². The molecule has 0 amide bonds. The molecule has 1 aromatic rings. The molecule has 4 nitrogen and oxygen atoms in total. The monoisotopic (exact) mass is 255 g/mol. The summed E-state index contributed by atoms with van der Waals surface area (Å²) in [6, 6.07) is 7.28. The molecular formula is C12H14ClNO3. The van der Waals surface area contributed by atoms with E-state index in [2.05, 4.69) is 5.16 Å². The Morgan fingerprint density at radius 3 is 2.59 bits per heavy atom. The Kier molecular flexibility index (Phi) is 5.49. The standard InChI is InChI=1S/C12H14ClNO3/c1-2-17-12(15)11(14-16)8-5-9-3-6-10(13)7-4-9/h3-4,6-7,16H,2,5,8H2,1H3/b14-11+. The van der Waals surface area contributed by atoms with Gasteiger partial charge in [-0.3, -0.25) is 0 Å². The van der Waals surface area contributed by atoms with Gasteiger partial charge in [-0.2, -0.15) is 0 Å². The molecule has 0 unspecified atom stereocenters. The highest BCUT2D eigenvalue weighted by Crippen LogP contribution is 2.11. The fourth-order valence-electron chi connectivity index (χ4n) is 1.32. The Labute approximate surface area is 105 Å². The third kappa shape index (κ3) is 4.44. The van der Waals surface area contributed by atoms with Crippen molar-refractivity contribution in [2.45, 2.75) is 19.8 Å². The summed E-state index contributed by atoms with van der Waals surface area (Å²) >= 11 is 5.76. The second kappa shape index (κ2) is 6.91. The van der Waals surface area contributed by atoms with Crippen molar-refractivity contribution in [1.82, 2.24) is 0 Å². The van der Waals surface area contributed by atoms with Gasteiger partial charge in [-0.15, -0.1) is 0 Å². The lowest BCUT2D eigenvalue weighted by atomic mass is 10.1. The smallest absolute Gasteiger partial charge is 0.356 e. The van der Waals surface area contributed by atoms with Gasteiger partial charge in [-0.05, 0) is 31.0 Å². The second-order valence-corrected chi connectivity index (χ2v) is 3.83. The van der Waals surface area contributed by atoms with Crippen LogP contribution in [0, 0.1) is 0 Å².